The summed E-state index contributed by atoms with van der Waals surface area (Å²) in [6.07, 6.45) is 1.16. The summed E-state index contributed by atoms with van der Waals surface area (Å²) in [6.45, 7) is 12.0. The highest BCUT2D eigenvalue weighted by molar-refractivity contribution is 7.88. The second kappa shape index (κ2) is 14.4. The molecule has 254 valence electrons. The van der Waals surface area contributed by atoms with Gasteiger partial charge in [0.05, 0.1) is 24.9 Å². The van der Waals surface area contributed by atoms with E-state index in [4.69, 9.17) is 27.9 Å². The molecular weight excluding hydrogens is 657 g/mol. The molecule has 0 spiro atoms. The third kappa shape index (κ3) is 8.31. The van der Waals surface area contributed by atoms with Crippen molar-refractivity contribution in [3.63, 3.8) is 0 Å². The Hall–Kier alpha value is -2.70. The van der Waals surface area contributed by atoms with Crippen molar-refractivity contribution in [2.75, 3.05) is 52.1 Å². The van der Waals surface area contributed by atoms with Gasteiger partial charge in [0, 0.05) is 54.9 Å². The van der Waals surface area contributed by atoms with Crippen molar-refractivity contribution in [2.45, 2.75) is 50.9 Å². The first kappa shape index (κ1) is 35.6. The number of piperazine rings is 1. The molecule has 3 N–H and O–H groups in total. The van der Waals surface area contributed by atoms with Crippen molar-refractivity contribution < 1.29 is 17.9 Å². The van der Waals surface area contributed by atoms with Gasteiger partial charge in [0.1, 0.15) is 5.75 Å². The van der Waals surface area contributed by atoms with Gasteiger partial charge in [0.2, 0.25) is 10.0 Å². The van der Waals surface area contributed by atoms with Gasteiger partial charge in [0.15, 0.2) is 5.66 Å². The zero-order valence-corrected chi connectivity index (χ0v) is 30.0. The lowest BCUT2D eigenvalue weighted by Crippen LogP contribution is -2.62. The Morgan fingerprint density at radius 1 is 0.915 bits per heavy atom. The van der Waals surface area contributed by atoms with Gasteiger partial charge < -0.3 is 9.64 Å². The molecule has 0 aromatic heterocycles. The van der Waals surface area contributed by atoms with Crippen molar-refractivity contribution >= 4 is 39.1 Å². The highest BCUT2D eigenvalue weighted by atomic mass is 35.5. The number of halogens is 2. The minimum atomic E-state index is -3.27. The van der Waals surface area contributed by atoms with Gasteiger partial charge in [-0.15, -0.1) is 0 Å². The van der Waals surface area contributed by atoms with Gasteiger partial charge >= 0.3 is 0 Å². The molecule has 3 aromatic rings. The molecule has 3 atom stereocenters. The summed E-state index contributed by atoms with van der Waals surface area (Å²) in [5, 5.41) is 8.84. The molecule has 47 heavy (non-hydrogen) atoms. The van der Waals surface area contributed by atoms with E-state index in [0.29, 0.717) is 67.2 Å². The van der Waals surface area contributed by atoms with E-state index in [9.17, 15) is 8.42 Å². The van der Waals surface area contributed by atoms with Crippen molar-refractivity contribution in [1.29, 1.82) is 0 Å². The second-order valence-electron chi connectivity index (χ2n) is 13.3. The molecule has 0 bridgehead atoms. The quantitative estimate of drug-likeness (QED) is 0.267. The highest BCUT2D eigenvalue weighted by Crippen LogP contribution is 2.45. The van der Waals surface area contributed by atoms with Crippen molar-refractivity contribution in [3.05, 3.63) is 99.0 Å². The standard InChI is InChI=1S/C35H45Cl2N5O4S/c1-6-46-30-23-26(34(2,3)4)11-16-29(30)35(33(43)42-21-19-41(20-22-42)18-17-38-47(5,44)45)39-31(24-7-12-27(36)13-8-24)32(40-35)25-9-14-28(37)15-10-25/h7-16,23,31-32,38-40H,6,17-22H2,1-5H3/t31-,32+,35?. The van der Waals surface area contributed by atoms with E-state index in [1.807, 2.05) is 66.4 Å². The zero-order chi connectivity index (χ0) is 34.0. The average molecular weight is 703 g/mol. The molecule has 0 saturated carbocycles. The van der Waals surface area contributed by atoms with Crippen LogP contribution >= 0.6 is 23.2 Å². The fourth-order valence-corrected chi connectivity index (χ4v) is 7.05. The van der Waals surface area contributed by atoms with Gasteiger partial charge in [-0.1, -0.05) is 80.4 Å². The highest BCUT2D eigenvalue weighted by Gasteiger charge is 2.54. The van der Waals surface area contributed by atoms with Crippen LogP contribution in [0.5, 0.6) is 5.75 Å². The van der Waals surface area contributed by atoms with E-state index in [-0.39, 0.29) is 23.4 Å². The normalized spacial score (nSPS) is 22.4. The number of hydrogen-bond donors (Lipinski definition) is 3. The number of rotatable bonds is 10. The molecule has 3 aromatic carbocycles. The van der Waals surface area contributed by atoms with Crippen LogP contribution in [-0.2, 0) is 25.9 Å². The molecule has 9 nitrogen and oxygen atoms in total. The van der Waals surface area contributed by atoms with Gasteiger partial charge in [-0.3, -0.25) is 20.3 Å². The molecule has 2 fully saturated rings. The maximum absolute atomic E-state index is 15.1. The minimum absolute atomic E-state index is 0.105. The van der Waals surface area contributed by atoms with Gasteiger partial charge in [-0.2, -0.15) is 0 Å². The Kier molecular flexibility index (Phi) is 10.9. The van der Waals surface area contributed by atoms with E-state index in [1.54, 1.807) is 0 Å². The summed E-state index contributed by atoms with van der Waals surface area (Å²) in [4.78, 5) is 19.1. The molecule has 0 aliphatic carbocycles. The molecule has 2 heterocycles. The number of nitrogens with zero attached hydrogens (tertiary/aromatic N) is 2. The van der Waals surface area contributed by atoms with Gasteiger partial charge in [-0.25, -0.2) is 13.1 Å². The first-order valence-electron chi connectivity index (χ1n) is 16.0. The lowest BCUT2D eigenvalue weighted by atomic mass is 9.84. The Morgan fingerprint density at radius 3 is 1.91 bits per heavy atom. The Balaban J connectivity index is 1.57. The molecule has 5 rings (SSSR count). The fourth-order valence-electron chi connectivity index (χ4n) is 6.34. The van der Waals surface area contributed by atoms with Crippen LogP contribution in [0.4, 0.5) is 0 Å². The SMILES string of the molecule is CCOc1cc(C(C)(C)C)ccc1C1(C(=O)N2CCN(CCNS(C)(=O)=O)CC2)N[C@H](c2ccc(Cl)cc2)[C@H](c2ccc(Cl)cc2)N1. The summed E-state index contributed by atoms with van der Waals surface area (Å²) >= 11 is 12.6. The van der Waals surface area contributed by atoms with Crippen molar-refractivity contribution in [3.8, 4) is 5.75 Å². The summed E-state index contributed by atoms with van der Waals surface area (Å²) < 4.78 is 32.0. The number of nitrogens with one attached hydrogen (secondary N) is 3. The number of benzene rings is 3. The van der Waals surface area contributed by atoms with Crippen LogP contribution in [0.15, 0.2) is 66.7 Å². The Morgan fingerprint density at radius 2 is 1.45 bits per heavy atom. The lowest BCUT2D eigenvalue weighted by Gasteiger charge is -2.41. The van der Waals surface area contributed by atoms with E-state index < -0.39 is 15.7 Å². The lowest BCUT2D eigenvalue weighted by molar-refractivity contribution is -0.141. The molecule has 0 radical (unpaired) electrons. The van der Waals surface area contributed by atoms with Gasteiger partial charge in [-0.05, 0) is 59.4 Å². The van der Waals surface area contributed by atoms with Crippen LogP contribution in [0.2, 0.25) is 10.0 Å². The molecule has 2 saturated heterocycles. The van der Waals surface area contributed by atoms with E-state index in [1.165, 1.54) is 0 Å². The maximum atomic E-state index is 15.1. The van der Waals surface area contributed by atoms with Gasteiger partial charge in [0.25, 0.3) is 5.91 Å². The number of carbonyl (C=O) groups excluding carboxylic acids is 1. The Bertz CT molecular complexity index is 1600. The largest absolute Gasteiger partial charge is 0.493 e. The summed E-state index contributed by atoms with van der Waals surface area (Å²) in [5.41, 5.74) is 2.30. The molecule has 1 amide bonds. The molecular formula is C35H45Cl2N5O4S. The average Bonchev–Trinajstić information content (AvgIpc) is 3.42. The van der Waals surface area contributed by atoms with Crippen LogP contribution in [0.3, 0.4) is 0 Å². The van der Waals surface area contributed by atoms with Crippen LogP contribution < -0.4 is 20.1 Å². The van der Waals surface area contributed by atoms with Crippen LogP contribution in [0.1, 0.15) is 62.0 Å². The van der Waals surface area contributed by atoms with Crippen LogP contribution in [0, 0.1) is 0 Å². The molecule has 12 heteroatoms. The number of carbonyl (C=O) groups is 1. The van der Waals surface area contributed by atoms with E-state index in [0.717, 1.165) is 22.9 Å². The monoisotopic (exact) mass is 701 g/mol. The predicted molar refractivity (Wildman–Crippen MR) is 189 cm³/mol. The topological polar surface area (TPSA) is 103 Å². The number of sulfonamides is 1. The summed E-state index contributed by atoms with van der Waals surface area (Å²) in [5.74, 6) is 0.539. The van der Waals surface area contributed by atoms with E-state index >= 15 is 4.79 Å². The predicted octanol–water partition coefficient (Wildman–Crippen LogP) is 5.21. The number of amides is 1. The van der Waals surface area contributed by atoms with Crippen LogP contribution in [0.25, 0.3) is 0 Å². The van der Waals surface area contributed by atoms with E-state index in [2.05, 4.69) is 53.2 Å². The zero-order valence-electron chi connectivity index (χ0n) is 27.6. The fraction of sp³-hybridized carbons (Fsp3) is 0.457. The third-order valence-electron chi connectivity index (χ3n) is 8.86. The molecule has 1 unspecified atom stereocenters. The maximum Gasteiger partial charge on any atom is 0.262 e. The second-order valence-corrected chi connectivity index (χ2v) is 16.0. The number of hydrogen-bond acceptors (Lipinski definition) is 7. The summed E-state index contributed by atoms with van der Waals surface area (Å²) in [6, 6.07) is 20.9. The van der Waals surface area contributed by atoms with Crippen molar-refractivity contribution in [2.24, 2.45) is 0 Å². The minimum Gasteiger partial charge on any atom is -0.493 e. The first-order chi connectivity index (χ1) is 22.2. The van der Waals surface area contributed by atoms with Crippen molar-refractivity contribution in [1.82, 2.24) is 25.2 Å². The third-order valence-corrected chi connectivity index (χ3v) is 10.1. The Labute approximate surface area is 289 Å². The smallest absolute Gasteiger partial charge is 0.262 e. The number of ether oxygens (including phenoxy) is 1. The van der Waals surface area contributed by atoms with Crippen LogP contribution in [-0.4, -0.2) is 76.3 Å². The first-order valence-corrected chi connectivity index (χ1v) is 18.7. The summed E-state index contributed by atoms with van der Waals surface area (Å²) in [7, 11) is -3.27. The molecule has 2 aliphatic heterocycles. The molecule has 2 aliphatic rings.